The third-order valence-electron chi connectivity index (χ3n) is 2.23. The number of nitrogens with zero attached hydrogens (tertiary/aromatic N) is 1. The van der Waals surface area contributed by atoms with Gasteiger partial charge < -0.3 is 0 Å². The molecule has 0 aliphatic heterocycles. The highest BCUT2D eigenvalue weighted by molar-refractivity contribution is 5.53. The predicted octanol–water partition coefficient (Wildman–Crippen LogP) is 2.05. The van der Waals surface area contributed by atoms with Crippen molar-refractivity contribution in [3.63, 3.8) is 0 Å². The number of rotatable bonds is 2. The minimum atomic E-state index is -0.293. The maximum atomic E-state index is 10.6. The summed E-state index contributed by atoms with van der Waals surface area (Å²) in [6.45, 7) is 1.94. The molecule has 0 N–H and O–H groups in total. The summed E-state index contributed by atoms with van der Waals surface area (Å²) in [6.07, 6.45) is 6.43. The quantitative estimate of drug-likeness (QED) is 0.462. The maximum absolute atomic E-state index is 10.6. The summed E-state index contributed by atoms with van der Waals surface area (Å²) in [6, 6.07) is 0. The molecule has 0 aromatic carbocycles. The van der Waals surface area contributed by atoms with Gasteiger partial charge in [0, 0.05) is 17.6 Å². The van der Waals surface area contributed by atoms with Gasteiger partial charge in [-0.3, -0.25) is 10.1 Å². The average Bonchev–Trinajstić information content (AvgIpc) is 2.79. The minimum absolute atomic E-state index is 0.265. The van der Waals surface area contributed by atoms with Gasteiger partial charge in [-0.2, -0.15) is 0 Å². The number of allylic oxidation sites excluding steroid dienone is 5. The minimum Gasteiger partial charge on any atom is -0.258 e. The van der Waals surface area contributed by atoms with E-state index in [4.69, 9.17) is 0 Å². The van der Waals surface area contributed by atoms with Crippen LogP contribution in [0.4, 0.5) is 0 Å². The standard InChI is InChI=1S/C9H9NO2/c1-2-6-3-7-4-8(7)5-9(6)10(11)12/h3-5,8H,2H2,1H3/t8-/m1/s1. The number of nitro groups is 1. The van der Waals surface area contributed by atoms with Gasteiger partial charge in [0.15, 0.2) is 0 Å². The Morgan fingerprint density at radius 2 is 2.33 bits per heavy atom. The number of hydrogen-bond acceptors (Lipinski definition) is 2. The second-order valence-corrected chi connectivity index (χ2v) is 3.02. The molecule has 62 valence electrons. The van der Waals surface area contributed by atoms with Gasteiger partial charge in [-0.1, -0.05) is 13.0 Å². The highest BCUT2D eigenvalue weighted by Crippen LogP contribution is 2.39. The third-order valence-corrected chi connectivity index (χ3v) is 2.23. The van der Waals surface area contributed by atoms with Crippen LogP contribution in [0.3, 0.4) is 0 Å². The molecule has 1 atom stereocenters. The molecule has 0 aromatic rings. The molecule has 12 heavy (non-hydrogen) atoms. The van der Waals surface area contributed by atoms with Crippen LogP contribution in [0, 0.1) is 16.0 Å². The SMILES string of the molecule is CCC1=CC2=C[C@@H]2C=C1[N+](=O)[O-]. The summed E-state index contributed by atoms with van der Waals surface area (Å²) in [7, 11) is 0. The van der Waals surface area contributed by atoms with Gasteiger partial charge >= 0.3 is 0 Å². The first kappa shape index (κ1) is 7.28. The van der Waals surface area contributed by atoms with Crippen molar-refractivity contribution in [2.75, 3.05) is 0 Å². The normalized spacial score (nSPS) is 25.1. The topological polar surface area (TPSA) is 43.1 Å². The largest absolute Gasteiger partial charge is 0.269 e. The van der Waals surface area contributed by atoms with E-state index in [2.05, 4.69) is 0 Å². The van der Waals surface area contributed by atoms with Crippen LogP contribution in [-0.4, -0.2) is 4.92 Å². The molecule has 3 nitrogen and oxygen atoms in total. The number of fused-ring (bicyclic) bond motifs is 1. The van der Waals surface area contributed by atoms with Crippen molar-refractivity contribution in [2.24, 2.45) is 5.92 Å². The molecule has 0 saturated carbocycles. The molecule has 3 heteroatoms. The molecule has 0 saturated heterocycles. The zero-order valence-electron chi connectivity index (χ0n) is 6.78. The first-order valence-corrected chi connectivity index (χ1v) is 4.01. The van der Waals surface area contributed by atoms with Gasteiger partial charge in [-0.05, 0) is 18.1 Å². The molecule has 0 spiro atoms. The van der Waals surface area contributed by atoms with E-state index in [1.165, 1.54) is 5.57 Å². The summed E-state index contributed by atoms with van der Waals surface area (Å²) < 4.78 is 0. The Balaban J connectivity index is 2.33. The lowest BCUT2D eigenvalue weighted by Gasteiger charge is -2.05. The lowest BCUT2D eigenvalue weighted by molar-refractivity contribution is -0.421. The summed E-state index contributed by atoms with van der Waals surface area (Å²) in [5.74, 6) is 0.265. The van der Waals surface area contributed by atoms with Gasteiger partial charge in [0.1, 0.15) is 0 Å². The highest BCUT2D eigenvalue weighted by Gasteiger charge is 2.31. The Hall–Kier alpha value is -1.38. The molecule has 0 fully saturated rings. The summed E-state index contributed by atoms with van der Waals surface area (Å²) in [5.41, 5.74) is 2.37. The van der Waals surface area contributed by atoms with E-state index < -0.39 is 0 Å². The summed E-state index contributed by atoms with van der Waals surface area (Å²) in [4.78, 5) is 10.3. The van der Waals surface area contributed by atoms with Crippen LogP contribution in [0.25, 0.3) is 0 Å². The van der Waals surface area contributed by atoms with E-state index >= 15 is 0 Å². The third kappa shape index (κ3) is 0.978. The fourth-order valence-electron chi connectivity index (χ4n) is 1.46. The molecule has 0 aromatic heterocycles. The first-order valence-electron chi connectivity index (χ1n) is 4.01. The molecule has 2 rings (SSSR count). The van der Waals surface area contributed by atoms with Crippen LogP contribution < -0.4 is 0 Å². The van der Waals surface area contributed by atoms with Crippen molar-refractivity contribution in [1.29, 1.82) is 0 Å². The molecule has 0 bridgehead atoms. The smallest absolute Gasteiger partial charge is 0.258 e. The lowest BCUT2D eigenvalue weighted by atomic mass is 10.0. The van der Waals surface area contributed by atoms with Gasteiger partial charge in [0.2, 0.25) is 0 Å². The molecule has 0 unspecified atom stereocenters. The van der Waals surface area contributed by atoms with Gasteiger partial charge in [-0.15, -0.1) is 0 Å². The van der Waals surface area contributed by atoms with Crippen molar-refractivity contribution in [1.82, 2.24) is 0 Å². The first-order chi connectivity index (χ1) is 5.72. The second kappa shape index (κ2) is 2.30. The van der Waals surface area contributed by atoms with Crippen molar-refractivity contribution in [3.8, 4) is 0 Å². The Labute approximate surface area is 70.2 Å². The molecule has 0 radical (unpaired) electrons. The maximum Gasteiger partial charge on any atom is 0.269 e. The van der Waals surface area contributed by atoms with E-state index in [-0.39, 0.29) is 10.8 Å². The Morgan fingerprint density at radius 3 is 2.92 bits per heavy atom. The van der Waals surface area contributed by atoms with Crippen molar-refractivity contribution in [3.05, 3.63) is 45.2 Å². The lowest BCUT2D eigenvalue weighted by Crippen LogP contribution is -2.05. The van der Waals surface area contributed by atoms with Crippen LogP contribution in [0.1, 0.15) is 13.3 Å². The molecule has 2 aliphatic carbocycles. The highest BCUT2D eigenvalue weighted by atomic mass is 16.6. The monoisotopic (exact) mass is 163 g/mol. The molecular formula is C9H9NO2. The van der Waals surface area contributed by atoms with E-state index in [1.807, 2.05) is 19.1 Å². The molecule has 0 amide bonds. The van der Waals surface area contributed by atoms with E-state index in [9.17, 15) is 10.1 Å². The van der Waals surface area contributed by atoms with Crippen LogP contribution >= 0.6 is 0 Å². The predicted molar refractivity (Wildman–Crippen MR) is 45.0 cm³/mol. The molecular weight excluding hydrogens is 154 g/mol. The van der Waals surface area contributed by atoms with Gasteiger partial charge in [0.05, 0.1) is 4.92 Å². The Kier molecular flexibility index (Phi) is 1.40. The van der Waals surface area contributed by atoms with Crippen molar-refractivity contribution < 1.29 is 4.92 Å². The molecule has 0 heterocycles. The summed E-state index contributed by atoms with van der Waals surface area (Å²) >= 11 is 0. The van der Waals surface area contributed by atoms with Gasteiger partial charge in [-0.25, -0.2) is 0 Å². The zero-order chi connectivity index (χ0) is 8.72. The Bertz CT molecular complexity index is 336. The summed E-state index contributed by atoms with van der Waals surface area (Å²) in [5, 5.41) is 10.6. The fraction of sp³-hybridized carbons (Fsp3) is 0.333. The zero-order valence-corrected chi connectivity index (χ0v) is 6.78. The fourth-order valence-corrected chi connectivity index (χ4v) is 1.46. The van der Waals surface area contributed by atoms with E-state index in [0.29, 0.717) is 5.70 Å². The van der Waals surface area contributed by atoms with Crippen molar-refractivity contribution >= 4 is 0 Å². The Morgan fingerprint density at radius 1 is 1.58 bits per heavy atom. The average molecular weight is 163 g/mol. The van der Waals surface area contributed by atoms with Crippen LogP contribution in [-0.2, 0) is 0 Å². The van der Waals surface area contributed by atoms with Gasteiger partial charge in [0.25, 0.3) is 5.70 Å². The van der Waals surface area contributed by atoms with E-state index in [0.717, 1.165) is 12.0 Å². The molecule has 2 aliphatic rings. The van der Waals surface area contributed by atoms with Crippen molar-refractivity contribution in [2.45, 2.75) is 13.3 Å². The van der Waals surface area contributed by atoms with Crippen LogP contribution in [0.5, 0.6) is 0 Å². The number of hydrogen-bond donors (Lipinski definition) is 0. The van der Waals surface area contributed by atoms with Crippen LogP contribution in [0.2, 0.25) is 0 Å². The van der Waals surface area contributed by atoms with Crippen LogP contribution in [0.15, 0.2) is 35.1 Å². The second-order valence-electron chi connectivity index (χ2n) is 3.02. The van der Waals surface area contributed by atoms with E-state index in [1.54, 1.807) is 6.08 Å².